The summed E-state index contributed by atoms with van der Waals surface area (Å²) < 4.78 is 0. The second-order valence-electron chi connectivity index (χ2n) is 6.50. The molecule has 4 rings (SSSR count). The summed E-state index contributed by atoms with van der Waals surface area (Å²) in [5.74, 6) is -0.196. The minimum atomic E-state index is -0.817. The van der Waals surface area contributed by atoms with Crippen molar-refractivity contribution < 1.29 is 14.7 Å². The highest BCUT2D eigenvalue weighted by Crippen LogP contribution is 2.36. The van der Waals surface area contributed by atoms with E-state index in [2.05, 4.69) is 0 Å². The summed E-state index contributed by atoms with van der Waals surface area (Å²) in [6.45, 7) is 1.79. The molecule has 2 aliphatic carbocycles. The molecule has 110 valence electrons. The van der Waals surface area contributed by atoms with E-state index in [9.17, 15) is 14.7 Å². The van der Waals surface area contributed by atoms with Crippen LogP contribution >= 0.6 is 0 Å². The molecule has 0 bridgehead atoms. The van der Waals surface area contributed by atoms with Gasteiger partial charge in [-0.25, -0.2) is 0 Å². The molecule has 0 saturated carbocycles. The van der Waals surface area contributed by atoms with Gasteiger partial charge in [-0.15, -0.1) is 0 Å². The zero-order chi connectivity index (χ0) is 15.5. The van der Waals surface area contributed by atoms with Crippen LogP contribution in [0.1, 0.15) is 56.3 Å². The fourth-order valence-corrected chi connectivity index (χ4v) is 3.61. The van der Waals surface area contributed by atoms with Gasteiger partial charge in [0, 0.05) is 28.7 Å². The van der Waals surface area contributed by atoms with Gasteiger partial charge in [-0.1, -0.05) is 30.3 Å². The van der Waals surface area contributed by atoms with E-state index in [-0.39, 0.29) is 11.6 Å². The van der Waals surface area contributed by atoms with E-state index in [1.807, 2.05) is 6.07 Å². The molecule has 0 aliphatic heterocycles. The lowest BCUT2D eigenvalue weighted by atomic mass is 9.74. The highest BCUT2D eigenvalue weighted by molar-refractivity contribution is 6.29. The number of hydrogen-bond acceptors (Lipinski definition) is 3. The van der Waals surface area contributed by atoms with Gasteiger partial charge in [-0.2, -0.15) is 0 Å². The van der Waals surface area contributed by atoms with Crippen LogP contribution in [-0.4, -0.2) is 22.3 Å². The molecular weight excluding hydrogens is 276 g/mol. The maximum Gasteiger partial charge on any atom is 0.194 e. The number of carbonyl (C=O) groups is 2. The molecule has 1 atom stereocenters. The number of ketones is 2. The average Bonchev–Trinajstić information content (AvgIpc) is 2.51. The zero-order valence-electron chi connectivity index (χ0n) is 12.3. The summed E-state index contributed by atoms with van der Waals surface area (Å²) in [7, 11) is 0. The Bertz CT molecular complexity index is 831. The van der Waals surface area contributed by atoms with Crippen LogP contribution in [0, 0.1) is 0 Å². The second kappa shape index (κ2) is 4.37. The van der Waals surface area contributed by atoms with Gasteiger partial charge in [0.15, 0.2) is 11.6 Å². The molecule has 22 heavy (non-hydrogen) atoms. The third-order valence-electron chi connectivity index (χ3n) is 4.79. The van der Waals surface area contributed by atoms with Crippen LogP contribution in [0.2, 0.25) is 0 Å². The summed E-state index contributed by atoms with van der Waals surface area (Å²) in [6, 6.07) is 10.7. The van der Waals surface area contributed by atoms with Crippen molar-refractivity contribution in [1.82, 2.24) is 0 Å². The van der Waals surface area contributed by atoms with Crippen molar-refractivity contribution in [2.45, 2.75) is 31.8 Å². The summed E-state index contributed by atoms with van der Waals surface area (Å²) in [5.41, 5.74) is 3.03. The Morgan fingerprint density at radius 2 is 1.64 bits per heavy atom. The van der Waals surface area contributed by atoms with Crippen LogP contribution in [0.15, 0.2) is 36.4 Å². The summed E-state index contributed by atoms with van der Waals surface area (Å²) in [4.78, 5) is 25.6. The number of fused-ring (bicyclic) bond motifs is 4. The number of aliphatic hydroxyl groups is 1. The Kier molecular flexibility index (Phi) is 2.66. The SMILES string of the molecule is CC1(O)CCc2ccc3c(c2C1)C(=O)c1ccccc1C3=O. The first-order valence-electron chi connectivity index (χ1n) is 7.53. The van der Waals surface area contributed by atoms with Crippen molar-refractivity contribution in [2.24, 2.45) is 0 Å². The van der Waals surface area contributed by atoms with E-state index in [1.165, 1.54) is 0 Å². The number of hydrogen-bond donors (Lipinski definition) is 1. The van der Waals surface area contributed by atoms with Crippen LogP contribution in [0.4, 0.5) is 0 Å². The third-order valence-corrected chi connectivity index (χ3v) is 4.79. The first kappa shape index (κ1) is 13.4. The van der Waals surface area contributed by atoms with Gasteiger partial charge >= 0.3 is 0 Å². The maximum absolute atomic E-state index is 12.9. The molecule has 0 saturated heterocycles. The van der Waals surface area contributed by atoms with E-state index in [0.29, 0.717) is 35.1 Å². The molecule has 2 aliphatic rings. The third kappa shape index (κ3) is 1.79. The van der Waals surface area contributed by atoms with Crippen molar-refractivity contribution in [3.05, 3.63) is 69.8 Å². The number of rotatable bonds is 0. The van der Waals surface area contributed by atoms with E-state index < -0.39 is 5.60 Å². The molecule has 1 unspecified atom stereocenters. The van der Waals surface area contributed by atoms with Crippen LogP contribution in [-0.2, 0) is 12.8 Å². The van der Waals surface area contributed by atoms with Crippen LogP contribution in [0.5, 0.6) is 0 Å². The molecule has 3 heteroatoms. The van der Waals surface area contributed by atoms with Crippen molar-refractivity contribution in [1.29, 1.82) is 0 Å². The van der Waals surface area contributed by atoms with Crippen molar-refractivity contribution >= 4 is 11.6 Å². The minimum absolute atomic E-state index is 0.0975. The standard InChI is InChI=1S/C19H16O3/c1-19(22)9-8-11-6-7-14-16(15(11)10-19)18(21)13-5-3-2-4-12(13)17(14)20/h2-7,22H,8-10H2,1H3. The monoisotopic (exact) mass is 292 g/mol. The molecule has 2 aromatic carbocycles. The Morgan fingerprint density at radius 1 is 0.955 bits per heavy atom. The van der Waals surface area contributed by atoms with Crippen molar-refractivity contribution in [2.75, 3.05) is 0 Å². The van der Waals surface area contributed by atoms with Gasteiger partial charge < -0.3 is 5.11 Å². The molecule has 3 nitrogen and oxygen atoms in total. The molecule has 0 spiro atoms. The predicted octanol–water partition coefficient (Wildman–Crippen LogP) is 2.70. The van der Waals surface area contributed by atoms with E-state index in [4.69, 9.17) is 0 Å². The van der Waals surface area contributed by atoms with Gasteiger partial charge in [-0.05, 0) is 37.0 Å². The largest absolute Gasteiger partial charge is 0.390 e. The van der Waals surface area contributed by atoms with Gasteiger partial charge in [0.2, 0.25) is 0 Å². The lowest BCUT2D eigenvalue weighted by Crippen LogP contribution is -2.35. The lowest BCUT2D eigenvalue weighted by molar-refractivity contribution is 0.0455. The van der Waals surface area contributed by atoms with E-state index in [0.717, 1.165) is 17.5 Å². The van der Waals surface area contributed by atoms with Crippen LogP contribution < -0.4 is 0 Å². The fraction of sp³-hybridized carbons (Fsp3) is 0.263. The maximum atomic E-state index is 12.9. The Morgan fingerprint density at radius 3 is 2.36 bits per heavy atom. The highest BCUT2D eigenvalue weighted by atomic mass is 16.3. The molecule has 0 fully saturated rings. The molecule has 0 heterocycles. The molecule has 0 amide bonds. The minimum Gasteiger partial charge on any atom is -0.390 e. The second-order valence-corrected chi connectivity index (χ2v) is 6.50. The number of benzene rings is 2. The Labute approximate surface area is 128 Å². The summed E-state index contributed by atoms with van der Waals surface area (Å²) in [6.07, 6.45) is 1.84. The molecule has 0 radical (unpaired) electrons. The van der Waals surface area contributed by atoms with Gasteiger partial charge in [-0.3, -0.25) is 9.59 Å². The molecule has 2 aromatic rings. The normalized spacial score (nSPS) is 22.8. The number of carbonyl (C=O) groups excluding carboxylic acids is 2. The highest BCUT2D eigenvalue weighted by Gasteiger charge is 2.36. The molecule has 0 aromatic heterocycles. The number of aryl methyl sites for hydroxylation is 1. The van der Waals surface area contributed by atoms with Gasteiger partial charge in [0.25, 0.3) is 0 Å². The van der Waals surface area contributed by atoms with E-state index in [1.54, 1.807) is 37.3 Å². The average molecular weight is 292 g/mol. The molecule has 1 N–H and O–H groups in total. The van der Waals surface area contributed by atoms with Crippen LogP contribution in [0.3, 0.4) is 0 Å². The smallest absolute Gasteiger partial charge is 0.194 e. The Balaban J connectivity index is 1.98. The topological polar surface area (TPSA) is 54.4 Å². The summed E-state index contributed by atoms with van der Waals surface area (Å²) in [5, 5.41) is 10.4. The first-order valence-corrected chi connectivity index (χ1v) is 7.53. The fourth-order valence-electron chi connectivity index (χ4n) is 3.61. The van der Waals surface area contributed by atoms with Crippen molar-refractivity contribution in [3.8, 4) is 0 Å². The molecular formula is C19H16O3. The van der Waals surface area contributed by atoms with Gasteiger partial charge in [0.05, 0.1) is 5.60 Å². The Hall–Kier alpha value is -2.26. The summed E-state index contributed by atoms with van der Waals surface area (Å²) >= 11 is 0. The predicted molar refractivity (Wildman–Crippen MR) is 82.4 cm³/mol. The van der Waals surface area contributed by atoms with Crippen molar-refractivity contribution in [3.63, 3.8) is 0 Å². The quantitative estimate of drug-likeness (QED) is 0.693. The first-order chi connectivity index (χ1) is 10.5. The van der Waals surface area contributed by atoms with E-state index >= 15 is 0 Å². The van der Waals surface area contributed by atoms with Gasteiger partial charge in [0.1, 0.15) is 0 Å². The van der Waals surface area contributed by atoms with Crippen LogP contribution in [0.25, 0.3) is 0 Å². The lowest BCUT2D eigenvalue weighted by Gasteiger charge is -2.32. The zero-order valence-corrected chi connectivity index (χ0v) is 12.3.